The third-order valence-electron chi connectivity index (χ3n) is 2.74. The smallest absolute Gasteiger partial charge is 0.0837 e. The number of rotatable bonds is 5. The molecule has 1 atom stereocenters. The number of halogens is 1. The highest BCUT2D eigenvalue weighted by molar-refractivity contribution is 7.12. The zero-order valence-corrected chi connectivity index (χ0v) is 11.8. The van der Waals surface area contributed by atoms with Gasteiger partial charge in [-0.2, -0.15) is 0 Å². The maximum Gasteiger partial charge on any atom is 0.0837 e. The van der Waals surface area contributed by atoms with Crippen molar-refractivity contribution in [3.63, 3.8) is 0 Å². The first-order valence-corrected chi connectivity index (χ1v) is 7.14. The second kappa shape index (κ2) is 6.23. The average molecular weight is 282 g/mol. The van der Waals surface area contributed by atoms with Gasteiger partial charge in [0.25, 0.3) is 0 Å². The van der Waals surface area contributed by atoms with Crippen molar-refractivity contribution >= 4 is 28.6 Å². The van der Waals surface area contributed by atoms with Crippen LogP contribution in [0.1, 0.15) is 22.7 Å². The van der Waals surface area contributed by atoms with Gasteiger partial charge in [-0.1, -0.05) is 18.5 Å². The quantitative estimate of drug-likeness (QED) is 0.864. The van der Waals surface area contributed by atoms with Crippen LogP contribution in [0.5, 0.6) is 0 Å². The number of aliphatic hydroxyl groups excluding tert-OH is 1. The predicted molar refractivity (Wildman–Crippen MR) is 78.6 cm³/mol. The third kappa shape index (κ3) is 3.25. The van der Waals surface area contributed by atoms with Crippen molar-refractivity contribution in [3.05, 3.63) is 51.2 Å². The van der Waals surface area contributed by atoms with Crippen LogP contribution in [0, 0.1) is 0 Å². The monoisotopic (exact) mass is 281 g/mol. The molecule has 0 aliphatic carbocycles. The van der Waals surface area contributed by atoms with Crippen molar-refractivity contribution in [1.29, 1.82) is 0 Å². The molecule has 1 unspecified atom stereocenters. The van der Waals surface area contributed by atoms with Crippen molar-refractivity contribution in [2.24, 2.45) is 0 Å². The van der Waals surface area contributed by atoms with Crippen molar-refractivity contribution in [3.8, 4) is 0 Å². The van der Waals surface area contributed by atoms with Gasteiger partial charge in [-0.05, 0) is 42.8 Å². The second-order valence-corrected chi connectivity index (χ2v) is 5.68. The number of aryl methyl sites for hydroxylation is 1. The molecule has 1 aromatic carbocycles. The van der Waals surface area contributed by atoms with Crippen LogP contribution < -0.4 is 5.32 Å². The number of aliphatic hydroxyl groups is 1. The fourth-order valence-corrected chi connectivity index (χ4v) is 2.85. The molecule has 0 saturated heterocycles. The Morgan fingerprint density at radius 1 is 1.22 bits per heavy atom. The van der Waals surface area contributed by atoms with Crippen LogP contribution in [0.25, 0.3) is 0 Å². The topological polar surface area (TPSA) is 32.3 Å². The minimum atomic E-state index is -0.0588. The van der Waals surface area contributed by atoms with Gasteiger partial charge in [0.05, 0.1) is 12.6 Å². The number of nitrogens with one attached hydrogen (secondary N) is 1. The molecule has 2 rings (SSSR count). The van der Waals surface area contributed by atoms with Crippen LogP contribution in [0.3, 0.4) is 0 Å². The molecule has 0 saturated carbocycles. The maximum atomic E-state index is 9.50. The fourth-order valence-electron chi connectivity index (χ4n) is 1.73. The van der Waals surface area contributed by atoms with E-state index in [-0.39, 0.29) is 12.6 Å². The molecule has 4 heteroatoms. The van der Waals surface area contributed by atoms with E-state index in [4.69, 9.17) is 11.6 Å². The molecule has 0 amide bonds. The third-order valence-corrected chi connectivity index (χ3v) is 4.34. The molecule has 0 bridgehead atoms. The summed E-state index contributed by atoms with van der Waals surface area (Å²) in [5.41, 5.74) is 0.963. The van der Waals surface area contributed by atoms with Crippen LogP contribution in [0.4, 0.5) is 5.69 Å². The van der Waals surface area contributed by atoms with Gasteiger partial charge < -0.3 is 10.4 Å². The summed E-state index contributed by atoms with van der Waals surface area (Å²) in [6.45, 7) is 2.21. The summed E-state index contributed by atoms with van der Waals surface area (Å²) in [5.74, 6) is 0. The lowest BCUT2D eigenvalue weighted by Crippen LogP contribution is -2.13. The van der Waals surface area contributed by atoms with Gasteiger partial charge in [-0.15, -0.1) is 11.3 Å². The molecular formula is C14H16ClNOS. The molecule has 2 N–H and O–H groups in total. The molecular weight excluding hydrogens is 266 g/mol. The van der Waals surface area contributed by atoms with Gasteiger partial charge in [0.2, 0.25) is 0 Å². The largest absolute Gasteiger partial charge is 0.394 e. The highest BCUT2D eigenvalue weighted by Gasteiger charge is 2.12. The Hall–Kier alpha value is -1.03. The van der Waals surface area contributed by atoms with Crippen LogP contribution in [0.2, 0.25) is 5.02 Å². The number of benzene rings is 1. The van der Waals surface area contributed by atoms with E-state index in [0.717, 1.165) is 17.0 Å². The first kappa shape index (κ1) is 13.4. The second-order valence-electron chi connectivity index (χ2n) is 4.04. The lowest BCUT2D eigenvalue weighted by molar-refractivity contribution is 0.278. The summed E-state index contributed by atoms with van der Waals surface area (Å²) in [5, 5.41) is 13.5. The van der Waals surface area contributed by atoms with Crippen molar-refractivity contribution in [2.75, 3.05) is 11.9 Å². The molecule has 0 aliphatic rings. The number of anilines is 1. The minimum Gasteiger partial charge on any atom is -0.394 e. The minimum absolute atomic E-state index is 0.0588. The molecule has 1 heterocycles. The van der Waals surface area contributed by atoms with Gasteiger partial charge in [0, 0.05) is 20.5 Å². The summed E-state index contributed by atoms with van der Waals surface area (Å²) in [6, 6.07) is 11.6. The Morgan fingerprint density at radius 3 is 2.50 bits per heavy atom. The maximum absolute atomic E-state index is 9.50. The first-order chi connectivity index (χ1) is 8.72. The van der Waals surface area contributed by atoms with Crippen molar-refractivity contribution in [2.45, 2.75) is 19.4 Å². The molecule has 2 aromatic rings. The Labute approximate surface area is 116 Å². The zero-order valence-electron chi connectivity index (χ0n) is 10.2. The predicted octanol–water partition coefficient (Wildman–Crippen LogP) is 4.11. The molecule has 0 spiro atoms. The van der Waals surface area contributed by atoms with Gasteiger partial charge >= 0.3 is 0 Å². The number of thiophene rings is 1. The van der Waals surface area contributed by atoms with Crippen molar-refractivity contribution < 1.29 is 5.11 Å². The van der Waals surface area contributed by atoms with E-state index >= 15 is 0 Å². The summed E-state index contributed by atoms with van der Waals surface area (Å²) in [4.78, 5) is 2.49. The van der Waals surface area contributed by atoms with E-state index in [2.05, 4.69) is 24.4 Å². The molecule has 1 aromatic heterocycles. The summed E-state index contributed by atoms with van der Waals surface area (Å²) < 4.78 is 0. The Kier molecular flexibility index (Phi) is 4.64. The lowest BCUT2D eigenvalue weighted by atomic mass is 10.2. The van der Waals surface area contributed by atoms with Gasteiger partial charge in [0.15, 0.2) is 0 Å². The summed E-state index contributed by atoms with van der Waals surface area (Å²) in [7, 11) is 0. The Balaban J connectivity index is 2.11. The van der Waals surface area contributed by atoms with Crippen molar-refractivity contribution in [1.82, 2.24) is 0 Å². The van der Waals surface area contributed by atoms with Crippen LogP contribution in [-0.4, -0.2) is 11.7 Å². The molecule has 0 aliphatic heterocycles. The SMILES string of the molecule is CCc1ccc(C(CO)Nc2ccc(Cl)cc2)s1. The highest BCUT2D eigenvalue weighted by atomic mass is 35.5. The van der Waals surface area contributed by atoms with E-state index in [1.807, 2.05) is 24.3 Å². The van der Waals surface area contributed by atoms with E-state index in [0.29, 0.717) is 5.02 Å². The standard InChI is InChI=1S/C14H16ClNOS/c1-2-12-7-8-14(18-12)13(9-17)16-11-5-3-10(15)4-6-11/h3-8,13,16-17H,2,9H2,1H3. The van der Waals surface area contributed by atoms with Gasteiger partial charge in [-0.3, -0.25) is 0 Å². The molecule has 96 valence electrons. The number of hydrogen-bond donors (Lipinski definition) is 2. The van der Waals surface area contributed by atoms with E-state index in [1.54, 1.807) is 11.3 Å². The van der Waals surface area contributed by atoms with Gasteiger partial charge in [0.1, 0.15) is 0 Å². The molecule has 2 nitrogen and oxygen atoms in total. The number of hydrogen-bond acceptors (Lipinski definition) is 3. The summed E-state index contributed by atoms with van der Waals surface area (Å²) >= 11 is 7.59. The van der Waals surface area contributed by atoms with Crippen LogP contribution in [0.15, 0.2) is 36.4 Å². The van der Waals surface area contributed by atoms with Crippen LogP contribution >= 0.6 is 22.9 Å². The van der Waals surface area contributed by atoms with E-state index < -0.39 is 0 Å². The highest BCUT2D eigenvalue weighted by Crippen LogP contribution is 2.27. The van der Waals surface area contributed by atoms with Gasteiger partial charge in [-0.25, -0.2) is 0 Å². The van der Waals surface area contributed by atoms with E-state index in [9.17, 15) is 5.11 Å². The normalized spacial score (nSPS) is 12.4. The molecule has 18 heavy (non-hydrogen) atoms. The fraction of sp³-hybridized carbons (Fsp3) is 0.286. The molecule has 0 radical (unpaired) electrons. The summed E-state index contributed by atoms with van der Waals surface area (Å²) in [6.07, 6.45) is 1.03. The lowest BCUT2D eigenvalue weighted by Gasteiger charge is -2.16. The average Bonchev–Trinajstić information content (AvgIpc) is 2.87. The Morgan fingerprint density at radius 2 is 1.94 bits per heavy atom. The Bertz CT molecular complexity index is 495. The van der Waals surface area contributed by atoms with Crippen LogP contribution in [-0.2, 0) is 6.42 Å². The van der Waals surface area contributed by atoms with E-state index in [1.165, 1.54) is 4.88 Å². The molecule has 0 fully saturated rings. The zero-order chi connectivity index (χ0) is 13.0. The first-order valence-electron chi connectivity index (χ1n) is 5.94.